The number of nitrogens with zero attached hydrogens (tertiary/aromatic N) is 1. The minimum atomic E-state index is -3.78. The molecule has 0 heterocycles. The summed E-state index contributed by atoms with van der Waals surface area (Å²) in [6, 6.07) is 11.8. The van der Waals surface area contributed by atoms with Crippen LogP contribution in [0.3, 0.4) is 0 Å². The molecule has 0 saturated carbocycles. The number of hydrogen-bond acceptors (Lipinski definition) is 5. The standard InChI is InChI=1S/C21H27N3O5S/c1-14(2)22-21(26)18-11-6-7-12-19(18)23-20(25)15(3)24(30(5,27)28)16-9-8-10-17(13-16)29-4/h6-15H,1-5H3,(H,22,26)(H,23,25). The predicted octanol–water partition coefficient (Wildman–Crippen LogP) is 2.63. The van der Waals surface area contributed by atoms with Crippen molar-refractivity contribution < 1.29 is 22.7 Å². The van der Waals surface area contributed by atoms with E-state index in [2.05, 4.69) is 10.6 Å². The van der Waals surface area contributed by atoms with Crippen LogP contribution in [0, 0.1) is 0 Å². The Morgan fingerprint density at radius 2 is 1.70 bits per heavy atom. The summed E-state index contributed by atoms with van der Waals surface area (Å²) in [5.74, 6) is -0.446. The van der Waals surface area contributed by atoms with E-state index in [1.807, 2.05) is 13.8 Å². The van der Waals surface area contributed by atoms with Crippen LogP contribution in [0.5, 0.6) is 5.75 Å². The first-order valence-corrected chi connectivity index (χ1v) is 11.2. The van der Waals surface area contributed by atoms with E-state index in [0.29, 0.717) is 22.7 Å². The van der Waals surface area contributed by atoms with E-state index in [4.69, 9.17) is 4.74 Å². The van der Waals surface area contributed by atoms with Crippen LogP contribution in [0.1, 0.15) is 31.1 Å². The normalized spacial score (nSPS) is 12.2. The van der Waals surface area contributed by atoms with E-state index in [1.165, 1.54) is 20.1 Å². The van der Waals surface area contributed by atoms with Crippen molar-refractivity contribution in [1.82, 2.24) is 5.32 Å². The summed E-state index contributed by atoms with van der Waals surface area (Å²) < 4.78 is 31.1. The maximum absolute atomic E-state index is 12.9. The highest BCUT2D eigenvalue weighted by Crippen LogP contribution is 2.26. The summed E-state index contributed by atoms with van der Waals surface area (Å²) in [4.78, 5) is 25.4. The number of sulfonamides is 1. The van der Waals surface area contributed by atoms with Crippen LogP contribution in [0.4, 0.5) is 11.4 Å². The molecule has 30 heavy (non-hydrogen) atoms. The summed E-state index contributed by atoms with van der Waals surface area (Å²) in [7, 11) is -2.31. The zero-order valence-corrected chi connectivity index (χ0v) is 18.5. The molecule has 1 atom stereocenters. The average molecular weight is 434 g/mol. The van der Waals surface area contributed by atoms with Gasteiger partial charge in [0.2, 0.25) is 15.9 Å². The number of carbonyl (C=O) groups excluding carboxylic acids is 2. The first-order chi connectivity index (χ1) is 14.0. The Hall–Kier alpha value is -3.07. The van der Waals surface area contributed by atoms with Crippen LogP contribution in [0.15, 0.2) is 48.5 Å². The smallest absolute Gasteiger partial charge is 0.253 e. The van der Waals surface area contributed by atoms with Crippen LogP contribution < -0.4 is 19.7 Å². The van der Waals surface area contributed by atoms with E-state index >= 15 is 0 Å². The zero-order valence-electron chi connectivity index (χ0n) is 17.7. The van der Waals surface area contributed by atoms with Gasteiger partial charge in [0.1, 0.15) is 11.8 Å². The highest BCUT2D eigenvalue weighted by Gasteiger charge is 2.30. The van der Waals surface area contributed by atoms with Gasteiger partial charge < -0.3 is 15.4 Å². The fourth-order valence-electron chi connectivity index (χ4n) is 2.92. The lowest BCUT2D eigenvalue weighted by molar-refractivity contribution is -0.116. The number of para-hydroxylation sites is 1. The average Bonchev–Trinajstić information content (AvgIpc) is 2.67. The van der Waals surface area contributed by atoms with E-state index in [1.54, 1.807) is 42.5 Å². The second-order valence-electron chi connectivity index (χ2n) is 7.10. The summed E-state index contributed by atoms with van der Waals surface area (Å²) in [6.45, 7) is 5.14. The number of anilines is 2. The molecule has 2 aromatic carbocycles. The molecule has 2 rings (SSSR count). The van der Waals surface area contributed by atoms with Crippen molar-refractivity contribution in [3.8, 4) is 5.75 Å². The van der Waals surface area contributed by atoms with Crippen LogP contribution in [0.2, 0.25) is 0 Å². The largest absolute Gasteiger partial charge is 0.497 e. The molecule has 0 aromatic heterocycles. The van der Waals surface area contributed by atoms with Crippen molar-refractivity contribution in [2.75, 3.05) is 23.0 Å². The number of nitrogens with one attached hydrogen (secondary N) is 2. The lowest BCUT2D eigenvalue weighted by atomic mass is 10.1. The number of carbonyl (C=O) groups is 2. The Labute approximate surface area is 177 Å². The van der Waals surface area contributed by atoms with E-state index in [0.717, 1.165) is 10.6 Å². The maximum atomic E-state index is 12.9. The number of amides is 2. The van der Waals surface area contributed by atoms with Crippen molar-refractivity contribution in [2.45, 2.75) is 32.9 Å². The van der Waals surface area contributed by atoms with E-state index in [-0.39, 0.29) is 11.9 Å². The molecule has 0 radical (unpaired) electrons. The molecule has 162 valence electrons. The Kier molecular flexibility index (Phi) is 7.44. The summed E-state index contributed by atoms with van der Waals surface area (Å²) >= 11 is 0. The van der Waals surface area contributed by atoms with Crippen molar-refractivity contribution in [3.63, 3.8) is 0 Å². The number of rotatable bonds is 8. The third kappa shape index (κ3) is 5.73. The van der Waals surface area contributed by atoms with Crippen molar-refractivity contribution in [2.24, 2.45) is 0 Å². The highest BCUT2D eigenvalue weighted by atomic mass is 32.2. The van der Waals surface area contributed by atoms with Gasteiger partial charge >= 0.3 is 0 Å². The Balaban J connectivity index is 2.34. The van der Waals surface area contributed by atoms with Crippen molar-refractivity contribution in [1.29, 1.82) is 0 Å². The molecule has 0 bridgehead atoms. The minimum absolute atomic E-state index is 0.0750. The van der Waals surface area contributed by atoms with Crippen LogP contribution in [-0.2, 0) is 14.8 Å². The Bertz CT molecular complexity index is 1020. The molecule has 2 aromatic rings. The highest BCUT2D eigenvalue weighted by molar-refractivity contribution is 7.92. The number of hydrogen-bond donors (Lipinski definition) is 2. The Morgan fingerprint density at radius 3 is 2.30 bits per heavy atom. The molecular weight excluding hydrogens is 406 g/mol. The summed E-state index contributed by atoms with van der Waals surface area (Å²) in [6.07, 6.45) is 1.03. The van der Waals surface area contributed by atoms with Gasteiger partial charge in [-0.3, -0.25) is 13.9 Å². The van der Waals surface area contributed by atoms with Gasteiger partial charge in [-0.2, -0.15) is 0 Å². The molecule has 2 amide bonds. The molecule has 0 fully saturated rings. The zero-order chi connectivity index (χ0) is 22.5. The second-order valence-corrected chi connectivity index (χ2v) is 8.96. The van der Waals surface area contributed by atoms with Crippen LogP contribution >= 0.6 is 0 Å². The molecule has 9 heteroatoms. The predicted molar refractivity (Wildman–Crippen MR) is 117 cm³/mol. The quantitative estimate of drug-likeness (QED) is 0.666. The molecule has 0 aliphatic carbocycles. The summed E-state index contributed by atoms with van der Waals surface area (Å²) in [5.41, 5.74) is 0.885. The van der Waals surface area contributed by atoms with Gasteiger partial charge in [-0.1, -0.05) is 18.2 Å². The monoisotopic (exact) mass is 433 g/mol. The third-order valence-corrected chi connectivity index (χ3v) is 5.49. The number of methoxy groups -OCH3 is 1. The van der Waals surface area contributed by atoms with Gasteiger partial charge in [0.05, 0.1) is 30.3 Å². The van der Waals surface area contributed by atoms with Gasteiger partial charge in [0, 0.05) is 12.1 Å². The lowest BCUT2D eigenvalue weighted by Gasteiger charge is -2.28. The van der Waals surface area contributed by atoms with Crippen molar-refractivity contribution in [3.05, 3.63) is 54.1 Å². The van der Waals surface area contributed by atoms with Gasteiger partial charge in [-0.15, -0.1) is 0 Å². The van der Waals surface area contributed by atoms with E-state index < -0.39 is 22.0 Å². The SMILES string of the molecule is COc1cccc(N(C(C)C(=O)Nc2ccccc2C(=O)NC(C)C)S(C)(=O)=O)c1. The maximum Gasteiger partial charge on any atom is 0.253 e. The molecule has 1 unspecified atom stereocenters. The third-order valence-electron chi connectivity index (χ3n) is 4.25. The fourth-order valence-corrected chi connectivity index (χ4v) is 4.09. The summed E-state index contributed by atoms with van der Waals surface area (Å²) in [5, 5.41) is 5.46. The van der Waals surface area contributed by atoms with Crippen LogP contribution in [0.25, 0.3) is 0 Å². The first kappa shape index (κ1) is 23.2. The molecular formula is C21H27N3O5S. The topological polar surface area (TPSA) is 105 Å². The van der Waals surface area contributed by atoms with Gasteiger partial charge in [-0.05, 0) is 45.0 Å². The molecule has 0 spiro atoms. The van der Waals surface area contributed by atoms with Gasteiger partial charge in [0.25, 0.3) is 5.91 Å². The second kappa shape index (κ2) is 9.62. The lowest BCUT2D eigenvalue weighted by Crippen LogP contribution is -2.45. The molecule has 0 aliphatic rings. The molecule has 0 aliphatic heterocycles. The van der Waals surface area contributed by atoms with Gasteiger partial charge in [-0.25, -0.2) is 8.42 Å². The van der Waals surface area contributed by atoms with Gasteiger partial charge in [0.15, 0.2) is 0 Å². The van der Waals surface area contributed by atoms with E-state index in [9.17, 15) is 18.0 Å². The molecule has 2 N–H and O–H groups in total. The fraction of sp³-hybridized carbons (Fsp3) is 0.333. The van der Waals surface area contributed by atoms with Crippen LogP contribution in [-0.4, -0.2) is 45.7 Å². The molecule has 0 saturated heterocycles. The molecule has 8 nitrogen and oxygen atoms in total. The minimum Gasteiger partial charge on any atom is -0.497 e. The first-order valence-electron chi connectivity index (χ1n) is 9.38. The number of ether oxygens (including phenoxy) is 1. The number of benzene rings is 2. The Morgan fingerprint density at radius 1 is 1.03 bits per heavy atom. The van der Waals surface area contributed by atoms with Crippen molar-refractivity contribution >= 4 is 33.2 Å².